The zero-order chi connectivity index (χ0) is 19.3. The minimum absolute atomic E-state index is 0. The summed E-state index contributed by atoms with van der Waals surface area (Å²) < 4.78 is 26.5. The minimum Gasteiger partial charge on any atom is -0.297 e. The number of hydrogen-bond acceptors (Lipinski definition) is 5. The topological polar surface area (TPSA) is 82.2 Å². The lowest BCUT2D eigenvalue weighted by atomic mass is 9.90. The van der Waals surface area contributed by atoms with Crippen LogP contribution in [-0.4, -0.2) is 58.7 Å². The van der Waals surface area contributed by atoms with Crippen molar-refractivity contribution in [1.82, 2.24) is 24.4 Å². The fraction of sp³-hybridized carbons (Fsp3) is 0.400. The van der Waals surface area contributed by atoms with Gasteiger partial charge in [-0.15, -0.1) is 12.4 Å². The Morgan fingerprint density at radius 1 is 1.10 bits per heavy atom. The molecule has 154 valence electrons. The fourth-order valence-electron chi connectivity index (χ4n) is 4.88. The van der Waals surface area contributed by atoms with E-state index in [2.05, 4.69) is 20.1 Å². The van der Waals surface area contributed by atoms with E-state index in [0.717, 1.165) is 41.9 Å². The molecule has 0 spiro atoms. The van der Waals surface area contributed by atoms with Crippen LogP contribution in [-0.2, 0) is 16.6 Å². The van der Waals surface area contributed by atoms with Crippen LogP contribution in [0.25, 0.3) is 11.0 Å². The number of aromatic nitrogens is 3. The van der Waals surface area contributed by atoms with E-state index >= 15 is 0 Å². The van der Waals surface area contributed by atoms with Crippen LogP contribution in [0.3, 0.4) is 0 Å². The van der Waals surface area contributed by atoms with Gasteiger partial charge in [0.15, 0.2) is 5.65 Å². The van der Waals surface area contributed by atoms with Gasteiger partial charge in [-0.1, -0.05) is 30.3 Å². The first kappa shape index (κ1) is 20.3. The first-order valence-electron chi connectivity index (χ1n) is 9.53. The Morgan fingerprint density at radius 3 is 2.66 bits per heavy atom. The number of likely N-dealkylation sites (tertiary alicyclic amines) is 1. The Morgan fingerprint density at radius 2 is 1.90 bits per heavy atom. The molecule has 3 atom stereocenters. The summed E-state index contributed by atoms with van der Waals surface area (Å²) in [7, 11) is -3.25. The molecule has 0 bridgehead atoms. The van der Waals surface area contributed by atoms with Crippen LogP contribution in [0.5, 0.6) is 0 Å². The molecule has 3 aromatic rings. The second-order valence-corrected chi connectivity index (χ2v) is 9.82. The number of nitrogens with zero attached hydrogens (tertiary/aromatic N) is 4. The van der Waals surface area contributed by atoms with E-state index in [4.69, 9.17) is 0 Å². The average molecular weight is 434 g/mol. The maximum atomic E-state index is 12.4. The molecule has 2 aliphatic rings. The van der Waals surface area contributed by atoms with Crippen LogP contribution in [0.15, 0.2) is 48.7 Å². The highest BCUT2D eigenvalue weighted by Gasteiger charge is 2.50. The average Bonchev–Trinajstić information content (AvgIpc) is 3.35. The van der Waals surface area contributed by atoms with Gasteiger partial charge in [0.05, 0.1) is 18.0 Å². The van der Waals surface area contributed by atoms with Crippen LogP contribution >= 0.6 is 12.4 Å². The maximum Gasteiger partial charge on any atom is 0.211 e. The molecule has 5 rings (SSSR count). The summed E-state index contributed by atoms with van der Waals surface area (Å²) in [6.07, 6.45) is 3.07. The highest BCUT2D eigenvalue weighted by Crippen LogP contribution is 2.46. The van der Waals surface area contributed by atoms with Crippen LogP contribution < -0.4 is 0 Å². The summed E-state index contributed by atoms with van der Waals surface area (Å²) in [5.41, 5.74) is 2.89. The summed E-state index contributed by atoms with van der Waals surface area (Å²) in [5, 5.41) is 8.46. The molecule has 2 aromatic heterocycles. The first-order chi connectivity index (χ1) is 13.5. The lowest BCUT2D eigenvalue weighted by molar-refractivity contribution is 0.259. The molecular formula is C20H24ClN5O2S. The predicted octanol–water partition coefficient (Wildman–Crippen LogP) is 2.44. The van der Waals surface area contributed by atoms with Crippen molar-refractivity contribution in [2.24, 2.45) is 11.8 Å². The lowest BCUT2D eigenvalue weighted by Gasteiger charge is -2.28. The molecule has 29 heavy (non-hydrogen) atoms. The Bertz CT molecular complexity index is 1100. The Balaban J connectivity index is 0.00000205. The third kappa shape index (κ3) is 3.66. The van der Waals surface area contributed by atoms with Gasteiger partial charge in [-0.05, 0) is 29.5 Å². The van der Waals surface area contributed by atoms with Crippen LogP contribution in [0.1, 0.15) is 17.3 Å². The van der Waals surface area contributed by atoms with Gasteiger partial charge >= 0.3 is 0 Å². The fourth-order valence-corrected chi connectivity index (χ4v) is 6.03. The van der Waals surface area contributed by atoms with E-state index in [1.54, 1.807) is 10.5 Å². The Labute approximate surface area is 176 Å². The summed E-state index contributed by atoms with van der Waals surface area (Å²) in [6.45, 7) is 3.12. The van der Waals surface area contributed by atoms with E-state index in [1.807, 2.05) is 42.5 Å². The quantitative estimate of drug-likeness (QED) is 0.683. The number of sulfonamides is 1. The van der Waals surface area contributed by atoms with Crippen molar-refractivity contribution in [3.8, 4) is 0 Å². The van der Waals surface area contributed by atoms with Gasteiger partial charge in [-0.3, -0.25) is 10.00 Å². The molecule has 2 aliphatic heterocycles. The summed E-state index contributed by atoms with van der Waals surface area (Å²) in [4.78, 5) is 6.70. The zero-order valence-electron chi connectivity index (χ0n) is 16.1. The standard InChI is InChI=1S/C20H23N5O2S.ClH/c1-28(26,27)25-11-15-10-24(12-17(15)19(25)14-6-3-2-4-7-14)13-18-16-8-5-9-21-20(16)23-22-18;/h2-9,15,17,19H,10-13H2,1H3,(H,21,22,23);1H/t15-,17-,19+;/m1./s1. The summed E-state index contributed by atoms with van der Waals surface area (Å²) in [6, 6.07) is 13.9. The second kappa shape index (κ2) is 7.68. The van der Waals surface area contributed by atoms with E-state index in [-0.39, 0.29) is 18.4 Å². The van der Waals surface area contributed by atoms with Crippen LogP contribution in [0, 0.1) is 11.8 Å². The molecule has 4 heterocycles. The Kier molecular flexibility index (Phi) is 5.37. The number of halogens is 1. The third-order valence-corrected chi connectivity index (χ3v) is 7.28. The molecular weight excluding hydrogens is 410 g/mol. The lowest BCUT2D eigenvalue weighted by Crippen LogP contribution is -2.35. The van der Waals surface area contributed by atoms with Gasteiger partial charge in [0.25, 0.3) is 0 Å². The molecule has 1 N–H and O–H groups in total. The first-order valence-corrected chi connectivity index (χ1v) is 11.4. The maximum absolute atomic E-state index is 12.4. The van der Waals surface area contributed by atoms with E-state index in [0.29, 0.717) is 18.4 Å². The number of hydrogen-bond donors (Lipinski definition) is 1. The number of H-pyrrole nitrogens is 1. The van der Waals surface area contributed by atoms with Gasteiger partial charge in [-0.2, -0.15) is 9.40 Å². The summed E-state index contributed by atoms with van der Waals surface area (Å²) in [5.74, 6) is 0.636. The van der Waals surface area contributed by atoms with Gasteiger partial charge in [0.1, 0.15) is 0 Å². The van der Waals surface area contributed by atoms with Crippen LogP contribution in [0.2, 0.25) is 0 Å². The number of aromatic amines is 1. The van der Waals surface area contributed by atoms with Crippen molar-refractivity contribution in [1.29, 1.82) is 0 Å². The van der Waals surface area contributed by atoms with Crippen molar-refractivity contribution in [3.63, 3.8) is 0 Å². The number of nitrogens with one attached hydrogen (secondary N) is 1. The normalized spacial score (nSPS) is 25.2. The zero-order valence-corrected chi connectivity index (χ0v) is 17.7. The third-order valence-electron chi connectivity index (χ3n) is 6.05. The smallest absolute Gasteiger partial charge is 0.211 e. The molecule has 0 aliphatic carbocycles. The molecule has 0 unspecified atom stereocenters. The van der Waals surface area contributed by atoms with Gasteiger partial charge in [0.2, 0.25) is 10.0 Å². The molecule has 9 heteroatoms. The van der Waals surface area contributed by atoms with Crippen molar-refractivity contribution in [3.05, 3.63) is 59.9 Å². The van der Waals surface area contributed by atoms with Crippen molar-refractivity contribution >= 4 is 33.5 Å². The number of benzene rings is 1. The molecule has 2 fully saturated rings. The molecule has 0 amide bonds. The Hall–Kier alpha value is -2.00. The monoisotopic (exact) mass is 433 g/mol. The molecule has 0 saturated carbocycles. The number of rotatable bonds is 4. The van der Waals surface area contributed by atoms with Crippen molar-refractivity contribution < 1.29 is 8.42 Å². The molecule has 2 saturated heterocycles. The minimum atomic E-state index is -3.25. The summed E-state index contributed by atoms with van der Waals surface area (Å²) >= 11 is 0. The highest BCUT2D eigenvalue weighted by molar-refractivity contribution is 7.88. The largest absolute Gasteiger partial charge is 0.297 e. The van der Waals surface area contributed by atoms with Gasteiger partial charge in [-0.25, -0.2) is 13.4 Å². The molecule has 0 radical (unpaired) electrons. The predicted molar refractivity (Wildman–Crippen MR) is 114 cm³/mol. The van der Waals surface area contributed by atoms with Gasteiger partial charge < -0.3 is 0 Å². The molecule has 1 aromatic carbocycles. The number of fused-ring (bicyclic) bond motifs is 2. The SMILES string of the molecule is CS(=O)(=O)N1C[C@H]2CN(Cc3[nH]nc4ncccc34)C[C@H]2[C@@H]1c1ccccc1.Cl. The highest BCUT2D eigenvalue weighted by atomic mass is 35.5. The van der Waals surface area contributed by atoms with Crippen molar-refractivity contribution in [2.75, 3.05) is 25.9 Å². The van der Waals surface area contributed by atoms with Gasteiger partial charge in [0, 0.05) is 37.8 Å². The molecule has 7 nitrogen and oxygen atoms in total. The van der Waals surface area contributed by atoms with Crippen molar-refractivity contribution in [2.45, 2.75) is 12.6 Å². The van der Waals surface area contributed by atoms with E-state index in [9.17, 15) is 8.42 Å². The van der Waals surface area contributed by atoms with Crippen LogP contribution in [0.4, 0.5) is 0 Å². The van der Waals surface area contributed by atoms with E-state index in [1.165, 1.54) is 6.26 Å². The second-order valence-electron chi connectivity index (χ2n) is 7.88. The number of pyridine rings is 1. The van der Waals surface area contributed by atoms with E-state index < -0.39 is 10.0 Å².